The summed E-state index contributed by atoms with van der Waals surface area (Å²) in [4.78, 5) is 0. The maximum absolute atomic E-state index is 6.32. The summed E-state index contributed by atoms with van der Waals surface area (Å²) >= 11 is 12.4. The zero-order valence-electron chi connectivity index (χ0n) is 11.2. The number of aromatic nitrogens is 2. The highest BCUT2D eigenvalue weighted by Crippen LogP contribution is 2.30. The van der Waals surface area contributed by atoms with Gasteiger partial charge >= 0.3 is 0 Å². The van der Waals surface area contributed by atoms with Gasteiger partial charge in [0, 0.05) is 11.1 Å². The molecule has 0 aliphatic heterocycles. The number of nitrogens with zero attached hydrogens (tertiary/aromatic N) is 2. The SMILES string of the molecule is Cc1ccc(C(N)c2c(Cl)cnn2C(C)C)cc1Cl. The van der Waals surface area contributed by atoms with Crippen LogP contribution in [0.5, 0.6) is 0 Å². The molecule has 2 N–H and O–H groups in total. The third-order valence-corrected chi connectivity index (χ3v) is 3.82. The number of rotatable bonds is 3. The molecular weight excluding hydrogens is 281 g/mol. The van der Waals surface area contributed by atoms with Crippen LogP contribution in [0.15, 0.2) is 24.4 Å². The van der Waals surface area contributed by atoms with E-state index in [2.05, 4.69) is 5.10 Å². The fourth-order valence-corrected chi connectivity index (χ4v) is 2.45. The molecule has 0 radical (unpaired) electrons. The number of nitrogens with two attached hydrogens (primary N) is 1. The Bertz CT molecular complexity index is 590. The zero-order chi connectivity index (χ0) is 14.2. The molecule has 2 aromatic rings. The minimum absolute atomic E-state index is 0.203. The summed E-state index contributed by atoms with van der Waals surface area (Å²) in [6.07, 6.45) is 1.63. The second kappa shape index (κ2) is 5.53. The van der Waals surface area contributed by atoms with Crippen molar-refractivity contribution >= 4 is 23.2 Å². The summed E-state index contributed by atoms with van der Waals surface area (Å²) in [7, 11) is 0. The molecule has 0 bridgehead atoms. The number of halogens is 2. The number of aryl methyl sites for hydroxylation is 1. The standard InChI is InChI=1S/C14H17Cl2N3/c1-8(2)19-14(12(16)7-18-19)13(17)10-5-4-9(3)11(15)6-10/h4-8,13H,17H2,1-3H3. The summed E-state index contributed by atoms with van der Waals surface area (Å²) in [5.74, 6) is 0. The molecule has 0 spiro atoms. The molecule has 0 aliphatic carbocycles. The van der Waals surface area contributed by atoms with E-state index in [-0.39, 0.29) is 12.1 Å². The Morgan fingerprint density at radius 2 is 1.89 bits per heavy atom. The molecule has 0 fully saturated rings. The first-order valence-electron chi connectivity index (χ1n) is 6.16. The van der Waals surface area contributed by atoms with Crippen molar-refractivity contribution in [3.8, 4) is 0 Å². The summed E-state index contributed by atoms with van der Waals surface area (Å²) < 4.78 is 1.85. The second-order valence-electron chi connectivity index (χ2n) is 4.90. The van der Waals surface area contributed by atoms with Crippen LogP contribution in [-0.2, 0) is 0 Å². The highest BCUT2D eigenvalue weighted by atomic mass is 35.5. The van der Waals surface area contributed by atoms with Crippen molar-refractivity contribution in [1.29, 1.82) is 0 Å². The van der Waals surface area contributed by atoms with Gasteiger partial charge in [0.2, 0.25) is 0 Å². The van der Waals surface area contributed by atoms with Crippen LogP contribution in [0.25, 0.3) is 0 Å². The van der Waals surface area contributed by atoms with Gasteiger partial charge in [-0.2, -0.15) is 5.10 Å². The Labute approximate surface area is 123 Å². The molecule has 0 aliphatic rings. The number of benzene rings is 1. The summed E-state index contributed by atoms with van der Waals surface area (Å²) in [6, 6.07) is 5.68. The van der Waals surface area contributed by atoms with Gasteiger partial charge < -0.3 is 5.73 Å². The molecular formula is C14H17Cl2N3. The van der Waals surface area contributed by atoms with E-state index in [1.54, 1.807) is 6.20 Å². The van der Waals surface area contributed by atoms with E-state index < -0.39 is 0 Å². The highest BCUT2D eigenvalue weighted by Gasteiger charge is 2.20. The lowest BCUT2D eigenvalue weighted by Crippen LogP contribution is -2.19. The van der Waals surface area contributed by atoms with Gasteiger partial charge in [0.25, 0.3) is 0 Å². The van der Waals surface area contributed by atoms with E-state index in [9.17, 15) is 0 Å². The fourth-order valence-electron chi connectivity index (χ4n) is 2.01. The molecule has 1 atom stereocenters. The van der Waals surface area contributed by atoms with Crippen LogP contribution in [0.4, 0.5) is 0 Å². The summed E-state index contributed by atoms with van der Waals surface area (Å²) in [6.45, 7) is 6.05. The van der Waals surface area contributed by atoms with Crippen LogP contribution in [0.2, 0.25) is 10.0 Å². The van der Waals surface area contributed by atoms with Crippen molar-refractivity contribution in [1.82, 2.24) is 9.78 Å². The minimum atomic E-state index is -0.338. The van der Waals surface area contributed by atoms with Crippen LogP contribution in [0, 0.1) is 6.92 Å². The first kappa shape index (κ1) is 14.4. The first-order valence-corrected chi connectivity index (χ1v) is 6.92. The Kier molecular flexibility index (Phi) is 4.19. The number of hydrogen-bond donors (Lipinski definition) is 1. The molecule has 1 aromatic heterocycles. The predicted molar refractivity (Wildman–Crippen MR) is 79.8 cm³/mol. The Morgan fingerprint density at radius 1 is 1.21 bits per heavy atom. The average molecular weight is 298 g/mol. The van der Waals surface area contributed by atoms with Gasteiger partial charge in [-0.1, -0.05) is 35.3 Å². The Hall–Kier alpha value is -1.03. The Balaban J connectivity index is 2.46. The van der Waals surface area contributed by atoms with Gasteiger partial charge in [-0.25, -0.2) is 0 Å². The normalized spacial score (nSPS) is 13.0. The fraction of sp³-hybridized carbons (Fsp3) is 0.357. The van der Waals surface area contributed by atoms with Crippen LogP contribution in [0.1, 0.15) is 42.8 Å². The molecule has 0 saturated heterocycles. The van der Waals surface area contributed by atoms with Crippen molar-refractivity contribution in [2.45, 2.75) is 32.9 Å². The molecule has 1 heterocycles. The second-order valence-corrected chi connectivity index (χ2v) is 5.72. The van der Waals surface area contributed by atoms with E-state index >= 15 is 0 Å². The van der Waals surface area contributed by atoms with Gasteiger partial charge in [0.05, 0.1) is 23.0 Å². The van der Waals surface area contributed by atoms with Crippen LogP contribution in [-0.4, -0.2) is 9.78 Å². The van der Waals surface area contributed by atoms with Gasteiger partial charge in [0.15, 0.2) is 0 Å². The maximum atomic E-state index is 6.32. The van der Waals surface area contributed by atoms with Crippen LogP contribution >= 0.6 is 23.2 Å². The largest absolute Gasteiger partial charge is 0.319 e. The van der Waals surface area contributed by atoms with Crippen molar-refractivity contribution in [2.75, 3.05) is 0 Å². The van der Waals surface area contributed by atoms with E-state index in [4.69, 9.17) is 28.9 Å². The first-order chi connectivity index (χ1) is 8.91. The predicted octanol–water partition coefficient (Wildman–Crippen LogP) is 4.13. The quantitative estimate of drug-likeness (QED) is 0.926. The van der Waals surface area contributed by atoms with E-state index in [0.717, 1.165) is 16.8 Å². The maximum Gasteiger partial charge on any atom is 0.0837 e. The minimum Gasteiger partial charge on any atom is -0.319 e. The molecule has 1 aromatic carbocycles. The summed E-state index contributed by atoms with van der Waals surface area (Å²) in [5.41, 5.74) is 9.09. The van der Waals surface area contributed by atoms with Gasteiger partial charge in [-0.15, -0.1) is 0 Å². The molecule has 1 unspecified atom stereocenters. The topological polar surface area (TPSA) is 43.8 Å². The van der Waals surface area contributed by atoms with E-state index in [1.165, 1.54) is 0 Å². The molecule has 2 rings (SSSR count). The molecule has 5 heteroatoms. The Morgan fingerprint density at radius 3 is 2.47 bits per heavy atom. The van der Waals surface area contributed by atoms with Crippen molar-refractivity contribution in [3.05, 3.63) is 51.3 Å². The van der Waals surface area contributed by atoms with Gasteiger partial charge in [-0.3, -0.25) is 4.68 Å². The van der Waals surface area contributed by atoms with Crippen molar-refractivity contribution in [2.24, 2.45) is 5.73 Å². The third kappa shape index (κ3) is 2.78. The van der Waals surface area contributed by atoms with Gasteiger partial charge in [-0.05, 0) is 38.0 Å². The molecule has 0 saturated carbocycles. The lowest BCUT2D eigenvalue weighted by Gasteiger charge is -2.18. The average Bonchev–Trinajstić information content (AvgIpc) is 2.74. The number of hydrogen-bond acceptors (Lipinski definition) is 2. The van der Waals surface area contributed by atoms with Crippen molar-refractivity contribution in [3.63, 3.8) is 0 Å². The zero-order valence-corrected chi connectivity index (χ0v) is 12.7. The molecule has 3 nitrogen and oxygen atoms in total. The van der Waals surface area contributed by atoms with Crippen LogP contribution < -0.4 is 5.73 Å². The van der Waals surface area contributed by atoms with E-state index in [0.29, 0.717) is 10.0 Å². The van der Waals surface area contributed by atoms with Crippen LogP contribution in [0.3, 0.4) is 0 Å². The van der Waals surface area contributed by atoms with Gasteiger partial charge in [0.1, 0.15) is 0 Å². The van der Waals surface area contributed by atoms with E-state index in [1.807, 2.05) is 43.7 Å². The highest BCUT2D eigenvalue weighted by molar-refractivity contribution is 6.31. The lowest BCUT2D eigenvalue weighted by molar-refractivity contribution is 0.499. The molecule has 102 valence electrons. The lowest BCUT2D eigenvalue weighted by atomic mass is 10.0. The smallest absolute Gasteiger partial charge is 0.0837 e. The monoisotopic (exact) mass is 297 g/mol. The summed E-state index contributed by atoms with van der Waals surface area (Å²) in [5, 5.41) is 5.56. The third-order valence-electron chi connectivity index (χ3n) is 3.13. The molecule has 0 amide bonds. The molecule has 19 heavy (non-hydrogen) atoms. The van der Waals surface area contributed by atoms with Crippen molar-refractivity contribution < 1.29 is 0 Å².